The number of aromatic nitrogens is 2. The number of carboxylic acid groups (broad SMARTS) is 1. The maximum atomic E-state index is 10.5. The third-order valence-corrected chi connectivity index (χ3v) is 3.01. The van der Waals surface area contributed by atoms with Gasteiger partial charge in [-0.15, -0.1) is 0 Å². The van der Waals surface area contributed by atoms with E-state index in [1.54, 1.807) is 12.5 Å². The molecule has 0 aliphatic heterocycles. The normalized spacial score (nSPS) is 10.5. The Balaban J connectivity index is 2.07. The first-order valence-corrected chi connectivity index (χ1v) is 5.98. The third kappa shape index (κ3) is 3.34. The van der Waals surface area contributed by atoms with Crippen molar-refractivity contribution in [2.24, 2.45) is 0 Å². The Morgan fingerprint density at radius 3 is 2.89 bits per heavy atom. The quantitative estimate of drug-likeness (QED) is 0.903. The summed E-state index contributed by atoms with van der Waals surface area (Å²) in [7, 11) is 0. The summed E-state index contributed by atoms with van der Waals surface area (Å²) in [5.74, 6) is -0.798. The number of aryl methyl sites for hydroxylation is 1. The molecule has 94 valence electrons. The lowest BCUT2D eigenvalue weighted by Crippen LogP contribution is -2.00. The van der Waals surface area contributed by atoms with Crippen molar-refractivity contribution in [3.63, 3.8) is 0 Å². The minimum absolute atomic E-state index is 0.122. The highest BCUT2D eigenvalue weighted by Crippen LogP contribution is 2.19. The van der Waals surface area contributed by atoms with Crippen LogP contribution >= 0.6 is 11.6 Å². The van der Waals surface area contributed by atoms with Crippen LogP contribution in [0.25, 0.3) is 0 Å². The highest BCUT2D eigenvalue weighted by Gasteiger charge is 2.04. The molecule has 0 radical (unpaired) electrons. The first-order valence-electron chi connectivity index (χ1n) is 5.60. The Labute approximate surface area is 110 Å². The molecule has 0 saturated heterocycles. The second-order valence-electron chi connectivity index (χ2n) is 4.05. The largest absolute Gasteiger partial charge is 0.481 e. The van der Waals surface area contributed by atoms with Crippen molar-refractivity contribution < 1.29 is 9.90 Å². The van der Waals surface area contributed by atoms with E-state index in [9.17, 15) is 4.79 Å². The Hall–Kier alpha value is -1.81. The third-order valence-electron chi connectivity index (χ3n) is 2.66. The number of rotatable bonds is 5. The number of aliphatic carboxylic acids is 1. The van der Waals surface area contributed by atoms with Crippen molar-refractivity contribution in [2.75, 3.05) is 0 Å². The molecule has 0 bridgehead atoms. The lowest BCUT2D eigenvalue weighted by Gasteiger charge is -2.07. The van der Waals surface area contributed by atoms with Crippen LogP contribution < -0.4 is 0 Å². The maximum Gasteiger partial charge on any atom is 0.303 e. The Kier molecular flexibility index (Phi) is 3.99. The van der Waals surface area contributed by atoms with Crippen LogP contribution in [0.5, 0.6) is 0 Å². The highest BCUT2D eigenvalue weighted by atomic mass is 35.5. The van der Waals surface area contributed by atoms with Crippen LogP contribution in [-0.4, -0.2) is 20.6 Å². The molecule has 0 aliphatic rings. The average molecular weight is 265 g/mol. The topological polar surface area (TPSA) is 55.1 Å². The number of benzene rings is 1. The molecule has 1 heterocycles. The summed E-state index contributed by atoms with van der Waals surface area (Å²) >= 11 is 6.18. The second-order valence-corrected chi connectivity index (χ2v) is 4.46. The summed E-state index contributed by atoms with van der Waals surface area (Å²) in [6.45, 7) is 0.665. The summed E-state index contributed by atoms with van der Waals surface area (Å²) in [6.07, 6.45) is 5.94. The van der Waals surface area contributed by atoms with Crippen molar-refractivity contribution in [3.8, 4) is 0 Å². The van der Waals surface area contributed by atoms with Gasteiger partial charge in [0.2, 0.25) is 0 Å². The fourth-order valence-electron chi connectivity index (χ4n) is 1.70. The second kappa shape index (κ2) is 5.69. The zero-order chi connectivity index (χ0) is 13.0. The zero-order valence-corrected chi connectivity index (χ0v) is 10.5. The van der Waals surface area contributed by atoms with Gasteiger partial charge in [0.05, 0.1) is 6.33 Å². The number of halogens is 1. The summed E-state index contributed by atoms with van der Waals surface area (Å²) in [5, 5.41) is 9.29. The van der Waals surface area contributed by atoms with Gasteiger partial charge < -0.3 is 9.67 Å². The zero-order valence-electron chi connectivity index (χ0n) is 9.71. The summed E-state index contributed by atoms with van der Waals surface area (Å²) in [6, 6.07) is 5.68. The molecule has 0 amide bonds. The molecule has 1 aromatic heterocycles. The van der Waals surface area contributed by atoms with Crippen molar-refractivity contribution in [2.45, 2.75) is 19.4 Å². The molecule has 0 aliphatic carbocycles. The molecular weight excluding hydrogens is 252 g/mol. The molecule has 1 N–H and O–H groups in total. The summed E-state index contributed by atoms with van der Waals surface area (Å²) < 4.78 is 1.93. The van der Waals surface area contributed by atoms with E-state index in [0.717, 1.165) is 11.1 Å². The van der Waals surface area contributed by atoms with Crippen molar-refractivity contribution >= 4 is 17.6 Å². The standard InChI is InChI=1S/C13H13ClN2O2/c14-12-7-10(2-4-13(17)18)1-3-11(12)8-16-6-5-15-9-16/h1,3,5-7,9H,2,4,8H2,(H,17,18). The van der Waals surface area contributed by atoms with Crippen LogP contribution in [0, 0.1) is 0 Å². The molecule has 0 fully saturated rings. The van der Waals surface area contributed by atoms with Gasteiger partial charge in [-0.2, -0.15) is 0 Å². The predicted octanol–water partition coefficient (Wildman–Crippen LogP) is 2.60. The van der Waals surface area contributed by atoms with Gasteiger partial charge in [0, 0.05) is 30.4 Å². The molecule has 0 unspecified atom stereocenters. The minimum Gasteiger partial charge on any atom is -0.481 e. The van der Waals surface area contributed by atoms with Crippen LogP contribution in [0.4, 0.5) is 0 Å². The molecule has 18 heavy (non-hydrogen) atoms. The van der Waals surface area contributed by atoms with Crippen LogP contribution in [0.3, 0.4) is 0 Å². The van der Waals surface area contributed by atoms with E-state index in [1.165, 1.54) is 0 Å². The van der Waals surface area contributed by atoms with Crippen LogP contribution in [0.15, 0.2) is 36.9 Å². The van der Waals surface area contributed by atoms with E-state index >= 15 is 0 Å². The molecule has 2 rings (SSSR count). The van der Waals surface area contributed by atoms with Gasteiger partial charge in [0.1, 0.15) is 0 Å². The fourth-order valence-corrected chi connectivity index (χ4v) is 1.97. The van der Waals surface area contributed by atoms with E-state index in [1.807, 2.05) is 29.0 Å². The lowest BCUT2D eigenvalue weighted by atomic mass is 10.1. The van der Waals surface area contributed by atoms with E-state index < -0.39 is 5.97 Å². The first kappa shape index (κ1) is 12.6. The highest BCUT2D eigenvalue weighted by molar-refractivity contribution is 6.31. The minimum atomic E-state index is -0.798. The molecule has 0 saturated carbocycles. The SMILES string of the molecule is O=C(O)CCc1ccc(Cn2ccnc2)c(Cl)c1. The van der Waals surface area contributed by atoms with Gasteiger partial charge in [-0.05, 0) is 23.6 Å². The number of imidazole rings is 1. The van der Waals surface area contributed by atoms with Gasteiger partial charge in [0.15, 0.2) is 0 Å². The number of nitrogens with zero attached hydrogens (tertiary/aromatic N) is 2. The Morgan fingerprint density at radius 1 is 1.44 bits per heavy atom. The molecule has 2 aromatic rings. The van der Waals surface area contributed by atoms with Gasteiger partial charge in [-0.3, -0.25) is 4.79 Å². The molecule has 0 spiro atoms. The first-order chi connectivity index (χ1) is 8.65. The van der Waals surface area contributed by atoms with Crippen LogP contribution in [0.1, 0.15) is 17.5 Å². The van der Waals surface area contributed by atoms with E-state index in [0.29, 0.717) is 18.0 Å². The van der Waals surface area contributed by atoms with Crippen molar-refractivity contribution in [3.05, 3.63) is 53.1 Å². The summed E-state index contributed by atoms with van der Waals surface area (Å²) in [4.78, 5) is 14.5. The van der Waals surface area contributed by atoms with Gasteiger partial charge in [-0.1, -0.05) is 23.7 Å². The monoisotopic (exact) mass is 264 g/mol. The van der Waals surface area contributed by atoms with E-state index in [2.05, 4.69) is 4.98 Å². The lowest BCUT2D eigenvalue weighted by molar-refractivity contribution is -0.136. The van der Waals surface area contributed by atoms with Crippen LogP contribution in [-0.2, 0) is 17.8 Å². The van der Waals surface area contributed by atoms with E-state index in [-0.39, 0.29) is 6.42 Å². The molecular formula is C13H13ClN2O2. The Bertz CT molecular complexity index is 538. The predicted molar refractivity (Wildman–Crippen MR) is 68.7 cm³/mol. The molecule has 0 atom stereocenters. The van der Waals surface area contributed by atoms with Gasteiger partial charge >= 0.3 is 5.97 Å². The van der Waals surface area contributed by atoms with Gasteiger partial charge in [0.25, 0.3) is 0 Å². The molecule has 1 aromatic carbocycles. The fraction of sp³-hybridized carbons (Fsp3) is 0.231. The van der Waals surface area contributed by atoms with Gasteiger partial charge in [-0.25, -0.2) is 4.98 Å². The van der Waals surface area contributed by atoms with E-state index in [4.69, 9.17) is 16.7 Å². The van der Waals surface area contributed by atoms with Crippen LogP contribution in [0.2, 0.25) is 5.02 Å². The number of hydrogen-bond acceptors (Lipinski definition) is 2. The molecule has 5 heteroatoms. The Morgan fingerprint density at radius 2 is 2.28 bits per heavy atom. The number of carboxylic acids is 1. The van der Waals surface area contributed by atoms with Crippen molar-refractivity contribution in [1.82, 2.24) is 9.55 Å². The number of hydrogen-bond donors (Lipinski definition) is 1. The smallest absolute Gasteiger partial charge is 0.303 e. The molecule has 4 nitrogen and oxygen atoms in total. The maximum absolute atomic E-state index is 10.5. The van der Waals surface area contributed by atoms with Crippen molar-refractivity contribution in [1.29, 1.82) is 0 Å². The average Bonchev–Trinajstić information content (AvgIpc) is 2.82. The summed E-state index contributed by atoms with van der Waals surface area (Å²) in [5.41, 5.74) is 1.94. The number of carbonyl (C=O) groups is 1.